The topological polar surface area (TPSA) is 37.3 Å². The number of rotatable bonds is 2. The SMILES string of the molecule is CC(C)C1=CC[C@@H]2C(=CC[C@H]3[C@@]2(C)CCC[C@]3(C)C(=O)O)C1. The molecule has 1 N–H and O–H groups in total. The molecule has 3 rings (SSSR count). The first-order valence-corrected chi connectivity index (χ1v) is 8.90. The lowest BCUT2D eigenvalue weighted by molar-refractivity contribution is -0.162. The van der Waals surface area contributed by atoms with Crippen molar-refractivity contribution in [2.75, 3.05) is 0 Å². The minimum Gasteiger partial charge on any atom is -0.481 e. The number of fused-ring (bicyclic) bond motifs is 3. The van der Waals surface area contributed by atoms with E-state index in [4.69, 9.17) is 0 Å². The maximum absolute atomic E-state index is 11.9. The van der Waals surface area contributed by atoms with Gasteiger partial charge >= 0.3 is 5.97 Å². The van der Waals surface area contributed by atoms with E-state index in [9.17, 15) is 9.90 Å². The van der Waals surface area contributed by atoms with Crippen LogP contribution in [0.4, 0.5) is 0 Å². The molecule has 2 nitrogen and oxygen atoms in total. The summed E-state index contributed by atoms with van der Waals surface area (Å²) >= 11 is 0. The first-order chi connectivity index (χ1) is 10.3. The summed E-state index contributed by atoms with van der Waals surface area (Å²) in [6.07, 6.45) is 11.1. The van der Waals surface area contributed by atoms with Gasteiger partial charge in [0, 0.05) is 0 Å². The molecule has 1 fully saturated rings. The fourth-order valence-corrected chi connectivity index (χ4v) is 5.58. The molecule has 1 saturated carbocycles. The Labute approximate surface area is 134 Å². The van der Waals surface area contributed by atoms with Crippen LogP contribution in [0.2, 0.25) is 0 Å². The van der Waals surface area contributed by atoms with Gasteiger partial charge in [0.05, 0.1) is 5.41 Å². The van der Waals surface area contributed by atoms with Gasteiger partial charge in [-0.25, -0.2) is 0 Å². The minimum atomic E-state index is -0.588. The number of hydrogen-bond donors (Lipinski definition) is 1. The molecule has 0 aromatic carbocycles. The zero-order chi connectivity index (χ0) is 16.1. The second kappa shape index (κ2) is 5.25. The van der Waals surface area contributed by atoms with Crippen LogP contribution in [0, 0.1) is 28.6 Å². The van der Waals surface area contributed by atoms with Crippen LogP contribution >= 0.6 is 0 Å². The molecular formula is C20H30O2. The normalized spacial score (nSPS) is 41.3. The molecule has 22 heavy (non-hydrogen) atoms. The molecule has 4 atom stereocenters. The van der Waals surface area contributed by atoms with E-state index < -0.39 is 11.4 Å². The zero-order valence-electron chi connectivity index (χ0n) is 14.5. The Kier molecular flexibility index (Phi) is 3.78. The Morgan fingerprint density at radius 3 is 2.59 bits per heavy atom. The fraction of sp³-hybridized carbons (Fsp3) is 0.750. The first-order valence-electron chi connectivity index (χ1n) is 8.90. The number of carboxylic acids is 1. The molecule has 2 heteroatoms. The summed E-state index contributed by atoms with van der Waals surface area (Å²) in [4.78, 5) is 11.9. The highest BCUT2D eigenvalue weighted by Crippen LogP contribution is 2.62. The van der Waals surface area contributed by atoms with E-state index in [2.05, 4.69) is 32.9 Å². The second-order valence-electron chi connectivity index (χ2n) is 8.55. The number of hydrogen-bond acceptors (Lipinski definition) is 1. The van der Waals surface area contributed by atoms with Gasteiger partial charge in [0.1, 0.15) is 0 Å². The number of allylic oxidation sites excluding steroid dienone is 4. The Hall–Kier alpha value is -1.05. The maximum Gasteiger partial charge on any atom is 0.309 e. The predicted octanol–water partition coefficient (Wildman–Crippen LogP) is 5.21. The fourth-order valence-electron chi connectivity index (χ4n) is 5.58. The third-order valence-corrected chi connectivity index (χ3v) is 7.09. The lowest BCUT2D eigenvalue weighted by Gasteiger charge is -2.57. The Morgan fingerprint density at radius 1 is 1.23 bits per heavy atom. The van der Waals surface area contributed by atoms with Crippen molar-refractivity contribution in [2.24, 2.45) is 28.6 Å². The molecule has 0 unspecified atom stereocenters. The van der Waals surface area contributed by atoms with Crippen LogP contribution in [0.3, 0.4) is 0 Å². The van der Waals surface area contributed by atoms with Crippen LogP contribution in [0.15, 0.2) is 23.3 Å². The van der Waals surface area contributed by atoms with Gasteiger partial charge in [-0.3, -0.25) is 4.79 Å². The van der Waals surface area contributed by atoms with Crippen molar-refractivity contribution in [3.8, 4) is 0 Å². The molecule has 0 saturated heterocycles. The summed E-state index contributed by atoms with van der Waals surface area (Å²) < 4.78 is 0. The molecule has 0 radical (unpaired) electrons. The highest BCUT2D eigenvalue weighted by atomic mass is 16.4. The van der Waals surface area contributed by atoms with Crippen LogP contribution in [-0.4, -0.2) is 11.1 Å². The third kappa shape index (κ3) is 2.18. The average molecular weight is 302 g/mol. The minimum absolute atomic E-state index is 0.161. The van der Waals surface area contributed by atoms with Crippen molar-refractivity contribution in [1.29, 1.82) is 0 Å². The van der Waals surface area contributed by atoms with Crippen molar-refractivity contribution in [1.82, 2.24) is 0 Å². The van der Waals surface area contributed by atoms with Crippen LogP contribution in [-0.2, 0) is 4.79 Å². The number of aliphatic carboxylic acids is 1. The summed E-state index contributed by atoms with van der Waals surface area (Å²) in [5, 5.41) is 9.83. The number of carboxylic acid groups (broad SMARTS) is 1. The van der Waals surface area contributed by atoms with Gasteiger partial charge in [-0.05, 0) is 62.2 Å². The summed E-state index contributed by atoms with van der Waals surface area (Å²) in [6.45, 7) is 8.93. The average Bonchev–Trinajstić information content (AvgIpc) is 2.46. The molecule has 3 aliphatic rings. The molecule has 0 bridgehead atoms. The molecule has 3 aliphatic carbocycles. The summed E-state index contributed by atoms with van der Waals surface area (Å²) in [5.41, 5.74) is 2.78. The highest BCUT2D eigenvalue weighted by Gasteiger charge is 2.57. The van der Waals surface area contributed by atoms with Gasteiger partial charge in [-0.2, -0.15) is 0 Å². The lowest BCUT2D eigenvalue weighted by Crippen LogP contribution is -2.53. The van der Waals surface area contributed by atoms with Crippen LogP contribution in [0.1, 0.15) is 66.2 Å². The van der Waals surface area contributed by atoms with E-state index in [0.717, 1.165) is 32.1 Å². The van der Waals surface area contributed by atoms with E-state index in [1.54, 1.807) is 11.1 Å². The van der Waals surface area contributed by atoms with Gasteiger partial charge < -0.3 is 5.11 Å². The van der Waals surface area contributed by atoms with Crippen molar-refractivity contribution in [2.45, 2.75) is 66.2 Å². The molecular weight excluding hydrogens is 272 g/mol. The van der Waals surface area contributed by atoms with Crippen LogP contribution in [0.5, 0.6) is 0 Å². The highest BCUT2D eigenvalue weighted by molar-refractivity contribution is 5.75. The quantitative estimate of drug-likeness (QED) is 0.711. The second-order valence-corrected chi connectivity index (χ2v) is 8.55. The van der Waals surface area contributed by atoms with E-state index in [-0.39, 0.29) is 11.3 Å². The van der Waals surface area contributed by atoms with E-state index >= 15 is 0 Å². The van der Waals surface area contributed by atoms with Gasteiger partial charge in [0.25, 0.3) is 0 Å². The third-order valence-electron chi connectivity index (χ3n) is 7.09. The van der Waals surface area contributed by atoms with Crippen molar-refractivity contribution in [3.05, 3.63) is 23.3 Å². The van der Waals surface area contributed by atoms with E-state index in [1.165, 1.54) is 6.42 Å². The zero-order valence-corrected chi connectivity index (χ0v) is 14.5. The smallest absolute Gasteiger partial charge is 0.309 e. The monoisotopic (exact) mass is 302 g/mol. The number of carbonyl (C=O) groups is 1. The predicted molar refractivity (Wildman–Crippen MR) is 89.5 cm³/mol. The van der Waals surface area contributed by atoms with Gasteiger partial charge in [0.15, 0.2) is 0 Å². The molecule has 0 aromatic heterocycles. The molecule has 0 aromatic rings. The van der Waals surface area contributed by atoms with Gasteiger partial charge in [0.2, 0.25) is 0 Å². The maximum atomic E-state index is 11.9. The van der Waals surface area contributed by atoms with E-state index in [1.807, 2.05) is 6.92 Å². The molecule has 0 heterocycles. The van der Waals surface area contributed by atoms with Gasteiger partial charge in [-0.1, -0.05) is 50.5 Å². The Bertz CT molecular complexity index is 542. The molecule has 0 amide bonds. The summed E-state index contributed by atoms with van der Waals surface area (Å²) in [6, 6.07) is 0. The van der Waals surface area contributed by atoms with Crippen molar-refractivity contribution >= 4 is 5.97 Å². The Balaban J connectivity index is 1.96. The molecule has 0 aliphatic heterocycles. The van der Waals surface area contributed by atoms with Crippen molar-refractivity contribution in [3.63, 3.8) is 0 Å². The first kappa shape index (κ1) is 15.8. The largest absolute Gasteiger partial charge is 0.481 e. The van der Waals surface area contributed by atoms with Crippen LogP contribution < -0.4 is 0 Å². The standard InChI is InChI=1S/C20H30O2/c1-13(2)14-6-8-16-15(12-14)7-9-17-19(16,3)10-5-11-20(17,4)18(21)22/h6-7,13,16-17H,5,8-12H2,1-4H3,(H,21,22)/t16-,17+,19+,20+/m1/s1. The van der Waals surface area contributed by atoms with Crippen molar-refractivity contribution < 1.29 is 9.90 Å². The lowest BCUT2D eigenvalue weighted by atomic mass is 9.47. The Morgan fingerprint density at radius 2 is 1.95 bits per heavy atom. The molecule has 122 valence electrons. The molecule has 0 spiro atoms. The van der Waals surface area contributed by atoms with E-state index in [0.29, 0.717) is 11.8 Å². The van der Waals surface area contributed by atoms with Crippen LogP contribution in [0.25, 0.3) is 0 Å². The summed E-state index contributed by atoms with van der Waals surface area (Å²) in [7, 11) is 0. The van der Waals surface area contributed by atoms with Gasteiger partial charge in [-0.15, -0.1) is 0 Å². The summed E-state index contributed by atoms with van der Waals surface area (Å²) in [5.74, 6) is 0.888.